The molecule has 7 heteroatoms. The number of likely N-dealkylation sites (tertiary alicyclic amines) is 1. The summed E-state index contributed by atoms with van der Waals surface area (Å²) in [5, 5.41) is 3.69. The monoisotopic (exact) mass is 400 g/mol. The number of furan rings is 1. The lowest BCUT2D eigenvalue weighted by molar-refractivity contribution is 0.0888. The lowest BCUT2D eigenvalue weighted by atomic mass is 10.1. The van der Waals surface area contributed by atoms with E-state index < -0.39 is 5.91 Å². The predicted molar refractivity (Wildman–Crippen MR) is 107 cm³/mol. The second-order valence-corrected chi connectivity index (χ2v) is 7.39. The Morgan fingerprint density at radius 3 is 2.75 bits per heavy atom. The van der Waals surface area contributed by atoms with Crippen molar-refractivity contribution in [1.82, 2.24) is 10.2 Å². The van der Waals surface area contributed by atoms with E-state index in [2.05, 4.69) is 10.2 Å². The smallest absolute Gasteiger partial charge is 0.287 e. The average Bonchev–Trinajstić information content (AvgIpc) is 3.24. The molecule has 0 saturated carbocycles. The second-order valence-electron chi connectivity index (χ2n) is 6.95. The van der Waals surface area contributed by atoms with Gasteiger partial charge in [-0.1, -0.05) is 18.0 Å². The second kappa shape index (κ2) is 8.20. The third-order valence-electron chi connectivity index (χ3n) is 5.07. The van der Waals surface area contributed by atoms with Gasteiger partial charge in [0.1, 0.15) is 11.3 Å². The average molecular weight is 401 g/mol. The molecule has 1 aliphatic heterocycles. The number of hydrogen-bond acceptors (Lipinski definition) is 5. The number of halogens is 1. The summed E-state index contributed by atoms with van der Waals surface area (Å²) in [6.07, 6.45) is 5.13. The summed E-state index contributed by atoms with van der Waals surface area (Å²) >= 11 is 5.93. The Morgan fingerprint density at radius 2 is 2.00 bits per heavy atom. The number of piperidine rings is 1. The molecule has 1 unspecified atom stereocenters. The summed E-state index contributed by atoms with van der Waals surface area (Å²) in [4.78, 5) is 27.3. The van der Waals surface area contributed by atoms with E-state index in [0.29, 0.717) is 22.5 Å². The Morgan fingerprint density at radius 1 is 1.18 bits per heavy atom. The van der Waals surface area contributed by atoms with Crippen molar-refractivity contribution in [3.63, 3.8) is 0 Å². The highest BCUT2D eigenvalue weighted by Crippen LogP contribution is 2.25. The Labute approximate surface area is 167 Å². The van der Waals surface area contributed by atoms with Crippen LogP contribution in [0.2, 0.25) is 5.02 Å². The predicted octanol–water partition coefficient (Wildman–Crippen LogP) is 4.00. The van der Waals surface area contributed by atoms with Crippen LogP contribution >= 0.6 is 11.6 Å². The van der Waals surface area contributed by atoms with Crippen LogP contribution in [0, 0.1) is 0 Å². The fourth-order valence-electron chi connectivity index (χ4n) is 3.64. The van der Waals surface area contributed by atoms with Gasteiger partial charge in [-0.2, -0.15) is 0 Å². The largest absolute Gasteiger partial charge is 0.468 e. The molecule has 3 aromatic rings. The maximum Gasteiger partial charge on any atom is 0.287 e. The number of carbonyl (C=O) groups excluding carboxylic acids is 1. The van der Waals surface area contributed by atoms with Crippen molar-refractivity contribution in [3.8, 4) is 0 Å². The number of amides is 1. The zero-order valence-corrected chi connectivity index (χ0v) is 16.1. The molecule has 2 aromatic heterocycles. The molecular weight excluding hydrogens is 380 g/mol. The van der Waals surface area contributed by atoms with Crippen molar-refractivity contribution in [2.75, 3.05) is 19.6 Å². The van der Waals surface area contributed by atoms with Crippen LogP contribution in [0.4, 0.5) is 0 Å². The number of hydrogen-bond donors (Lipinski definition) is 1. The lowest BCUT2D eigenvalue weighted by Gasteiger charge is -2.33. The van der Waals surface area contributed by atoms with Gasteiger partial charge in [-0.3, -0.25) is 14.5 Å². The molecule has 1 amide bonds. The van der Waals surface area contributed by atoms with Crippen molar-refractivity contribution >= 4 is 28.5 Å². The van der Waals surface area contributed by atoms with Crippen LogP contribution in [0.3, 0.4) is 0 Å². The van der Waals surface area contributed by atoms with Gasteiger partial charge in [0.15, 0.2) is 11.2 Å². The Hall–Kier alpha value is -2.57. The maximum atomic E-state index is 12.6. The summed E-state index contributed by atoms with van der Waals surface area (Å²) < 4.78 is 11.2. The number of nitrogens with zero attached hydrogens (tertiary/aromatic N) is 1. The van der Waals surface area contributed by atoms with Crippen molar-refractivity contribution in [2.24, 2.45) is 0 Å². The van der Waals surface area contributed by atoms with Crippen molar-refractivity contribution in [1.29, 1.82) is 0 Å². The number of rotatable bonds is 5. The summed E-state index contributed by atoms with van der Waals surface area (Å²) in [6, 6.07) is 9.68. The highest BCUT2D eigenvalue weighted by molar-refractivity contribution is 6.31. The molecule has 1 fully saturated rings. The van der Waals surface area contributed by atoms with Gasteiger partial charge < -0.3 is 14.2 Å². The molecule has 0 aliphatic carbocycles. The standard InChI is InChI=1S/C21H21ClN2O4/c22-14-6-7-18-15(11-14)17(25)12-20(28-18)21(26)23-13-16(19-5-4-10-27-19)24-8-2-1-3-9-24/h4-7,10-12,16H,1-3,8-9,13H2,(H,23,26). The van der Waals surface area contributed by atoms with Gasteiger partial charge in [-0.25, -0.2) is 0 Å². The summed E-state index contributed by atoms with van der Waals surface area (Å²) in [5.41, 5.74) is 0.0354. The Balaban J connectivity index is 1.53. The van der Waals surface area contributed by atoms with Crippen molar-refractivity contribution in [2.45, 2.75) is 25.3 Å². The number of nitrogens with one attached hydrogen (secondary N) is 1. The van der Waals surface area contributed by atoms with Crippen LogP contribution in [0.25, 0.3) is 11.0 Å². The molecule has 146 valence electrons. The molecule has 28 heavy (non-hydrogen) atoms. The summed E-state index contributed by atoms with van der Waals surface area (Å²) in [6.45, 7) is 2.30. The van der Waals surface area contributed by atoms with Crippen LogP contribution < -0.4 is 10.7 Å². The number of fused-ring (bicyclic) bond motifs is 1. The molecule has 3 heterocycles. The third-order valence-corrected chi connectivity index (χ3v) is 5.31. The van der Waals surface area contributed by atoms with Gasteiger partial charge in [-0.15, -0.1) is 0 Å². The van der Waals surface area contributed by atoms with Crippen molar-refractivity contribution in [3.05, 3.63) is 69.4 Å². The molecule has 1 aliphatic rings. The molecule has 0 radical (unpaired) electrons. The van der Waals surface area contributed by atoms with Crippen molar-refractivity contribution < 1.29 is 13.6 Å². The fraction of sp³-hybridized carbons (Fsp3) is 0.333. The van der Waals surface area contributed by atoms with Gasteiger partial charge in [0, 0.05) is 17.6 Å². The molecule has 1 atom stereocenters. The molecular formula is C21H21ClN2O4. The van der Waals surface area contributed by atoms with E-state index >= 15 is 0 Å². The molecule has 1 aromatic carbocycles. The molecule has 0 bridgehead atoms. The van der Waals surface area contributed by atoms with Crippen LogP contribution in [0.15, 0.2) is 56.3 Å². The fourth-order valence-corrected chi connectivity index (χ4v) is 3.81. The maximum absolute atomic E-state index is 12.6. The minimum absolute atomic E-state index is 0.0170. The summed E-state index contributed by atoms with van der Waals surface area (Å²) in [5.74, 6) is 0.371. The first-order valence-electron chi connectivity index (χ1n) is 9.41. The zero-order chi connectivity index (χ0) is 19.5. The van der Waals surface area contributed by atoms with Gasteiger partial charge >= 0.3 is 0 Å². The van der Waals surface area contributed by atoms with Crippen LogP contribution in [0.5, 0.6) is 0 Å². The van der Waals surface area contributed by atoms with E-state index in [1.54, 1.807) is 18.4 Å². The van der Waals surface area contributed by atoms with Crippen LogP contribution in [0.1, 0.15) is 41.6 Å². The quantitative estimate of drug-likeness (QED) is 0.700. The van der Waals surface area contributed by atoms with Gasteiger partial charge in [0.2, 0.25) is 0 Å². The highest BCUT2D eigenvalue weighted by Gasteiger charge is 2.25. The normalized spacial score (nSPS) is 16.2. The first-order valence-corrected chi connectivity index (χ1v) is 9.79. The van der Waals surface area contributed by atoms with E-state index in [-0.39, 0.29) is 17.2 Å². The first kappa shape index (κ1) is 18.8. The topological polar surface area (TPSA) is 75.7 Å². The van der Waals surface area contributed by atoms with E-state index in [4.69, 9.17) is 20.4 Å². The number of benzene rings is 1. The Bertz CT molecular complexity index is 1020. The van der Waals surface area contributed by atoms with Crippen LogP contribution in [-0.2, 0) is 0 Å². The Kier molecular flexibility index (Phi) is 5.50. The van der Waals surface area contributed by atoms with Crippen LogP contribution in [-0.4, -0.2) is 30.4 Å². The van der Waals surface area contributed by atoms with E-state index in [1.165, 1.54) is 18.6 Å². The zero-order valence-electron chi connectivity index (χ0n) is 15.3. The summed E-state index contributed by atoms with van der Waals surface area (Å²) in [7, 11) is 0. The minimum Gasteiger partial charge on any atom is -0.468 e. The molecule has 1 N–H and O–H groups in total. The van der Waals surface area contributed by atoms with E-state index in [9.17, 15) is 9.59 Å². The van der Waals surface area contributed by atoms with Gasteiger partial charge in [-0.05, 0) is 56.3 Å². The van der Waals surface area contributed by atoms with Gasteiger partial charge in [0.05, 0.1) is 17.7 Å². The minimum atomic E-state index is -0.428. The third kappa shape index (κ3) is 3.98. The SMILES string of the molecule is O=C(NCC(c1ccco1)N1CCCCC1)c1cc(=O)c2cc(Cl)ccc2o1. The molecule has 4 rings (SSSR count). The molecule has 1 saturated heterocycles. The first-order chi connectivity index (χ1) is 13.6. The van der Waals surface area contributed by atoms with Gasteiger partial charge in [0.25, 0.3) is 5.91 Å². The highest BCUT2D eigenvalue weighted by atomic mass is 35.5. The van der Waals surface area contributed by atoms with E-state index in [0.717, 1.165) is 31.7 Å². The molecule has 6 nitrogen and oxygen atoms in total. The lowest BCUT2D eigenvalue weighted by Crippen LogP contribution is -2.40. The van der Waals surface area contributed by atoms with E-state index in [1.807, 2.05) is 12.1 Å². The number of carbonyl (C=O) groups is 1. The molecule has 0 spiro atoms.